The van der Waals surface area contributed by atoms with Crippen LogP contribution in [0.2, 0.25) is 0 Å². The molecule has 3 heteroatoms. The molecule has 0 unspecified atom stereocenters. The minimum atomic E-state index is 0.370. The van der Waals surface area contributed by atoms with Crippen LogP contribution in [0, 0.1) is 5.92 Å². The van der Waals surface area contributed by atoms with Crippen molar-refractivity contribution >= 4 is 0 Å². The number of piperazine rings is 1. The van der Waals surface area contributed by atoms with E-state index in [1.165, 1.54) is 45.3 Å². The molecule has 1 aliphatic rings. The molecule has 1 rings (SSSR count). The predicted molar refractivity (Wildman–Crippen MR) is 64.0 cm³/mol. The summed E-state index contributed by atoms with van der Waals surface area (Å²) in [5, 5.41) is 12.5. The number of hydrogen-bond donors (Lipinski definition) is 2. The summed E-state index contributed by atoms with van der Waals surface area (Å²) in [5.41, 5.74) is 0. The highest BCUT2D eigenvalue weighted by Gasteiger charge is 2.10. The molecular weight excluding hydrogens is 188 g/mol. The second kappa shape index (κ2) is 8.08. The van der Waals surface area contributed by atoms with Crippen molar-refractivity contribution in [3.63, 3.8) is 0 Å². The van der Waals surface area contributed by atoms with Gasteiger partial charge < -0.3 is 15.3 Å². The minimum Gasteiger partial charge on any atom is -0.396 e. The van der Waals surface area contributed by atoms with Gasteiger partial charge in [-0.15, -0.1) is 0 Å². The third-order valence-electron chi connectivity index (χ3n) is 3.25. The maximum Gasteiger partial charge on any atom is 0.0459 e. The van der Waals surface area contributed by atoms with Crippen molar-refractivity contribution in [3.05, 3.63) is 0 Å². The van der Waals surface area contributed by atoms with Crippen LogP contribution in [0.3, 0.4) is 0 Å². The van der Waals surface area contributed by atoms with Crippen LogP contribution < -0.4 is 5.32 Å². The molecule has 1 atom stereocenters. The normalized spacial score (nSPS) is 20.4. The zero-order valence-electron chi connectivity index (χ0n) is 10.0. The minimum absolute atomic E-state index is 0.370. The quantitative estimate of drug-likeness (QED) is 0.666. The summed E-state index contributed by atoms with van der Waals surface area (Å²) in [6.07, 6.45) is 4.80. The predicted octanol–water partition coefficient (Wildman–Crippen LogP) is 1.08. The van der Waals surface area contributed by atoms with Gasteiger partial charge in [0.1, 0.15) is 0 Å². The fourth-order valence-corrected chi connectivity index (χ4v) is 2.27. The Kier molecular flexibility index (Phi) is 6.98. The first-order valence-electron chi connectivity index (χ1n) is 6.40. The van der Waals surface area contributed by atoms with E-state index >= 15 is 0 Å². The van der Waals surface area contributed by atoms with Crippen LogP contribution in [0.5, 0.6) is 0 Å². The molecule has 1 saturated heterocycles. The third-order valence-corrected chi connectivity index (χ3v) is 3.25. The third kappa shape index (κ3) is 5.50. The standard InChI is InChI=1S/C12H26N2O/c1-2-4-12(11-15)5-3-8-14-9-6-13-7-10-14/h12-13,15H,2-11H2,1H3/t12-/m0/s1. The average Bonchev–Trinajstić information content (AvgIpc) is 2.29. The number of hydrogen-bond acceptors (Lipinski definition) is 3. The van der Waals surface area contributed by atoms with Gasteiger partial charge >= 0.3 is 0 Å². The average molecular weight is 214 g/mol. The molecule has 0 spiro atoms. The van der Waals surface area contributed by atoms with Gasteiger partial charge in [-0.3, -0.25) is 0 Å². The van der Waals surface area contributed by atoms with Crippen molar-refractivity contribution in [1.29, 1.82) is 0 Å². The van der Waals surface area contributed by atoms with Crippen LogP contribution >= 0.6 is 0 Å². The van der Waals surface area contributed by atoms with Crippen LogP contribution in [0.25, 0.3) is 0 Å². The van der Waals surface area contributed by atoms with Gasteiger partial charge in [-0.2, -0.15) is 0 Å². The van der Waals surface area contributed by atoms with Crippen LogP contribution in [-0.4, -0.2) is 49.3 Å². The van der Waals surface area contributed by atoms with E-state index in [0.29, 0.717) is 12.5 Å². The SMILES string of the molecule is CCC[C@H](CO)CCCN1CCNCC1. The van der Waals surface area contributed by atoms with E-state index in [1.54, 1.807) is 0 Å². The van der Waals surface area contributed by atoms with Crippen molar-refractivity contribution in [3.8, 4) is 0 Å². The van der Waals surface area contributed by atoms with Gasteiger partial charge in [-0.05, 0) is 31.7 Å². The molecule has 1 heterocycles. The first kappa shape index (κ1) is 12.9. The summed E-state index contributed by atoms with van der Waals surface area (Å²) in [6.45, 7) is 8.43. The Balaban J connectivity index is 2.03. The summed E-state index contributed by atoms with van der Waals surface area (Å²) in [5.74, 6) is 0.540. The van der Waals surface area contributed by atoms with Crippen molar-refractivity contribution in [2.75, 3.05) is 39.3 Å². The lowest BCUT2D eigenvalue weighted by atomic mass is 9.99. The number of nitrogens with one attached hydrogen (secondary N) is 1. The molecule has 0 amide bonds. The Morgan fingerprint density at radius 1 is 1.27 bits per heavy atom. The second-order valence-corrected chi connectivity index (χ2v) is 4.57. The number of aliphatic hydroxyl groups excluding tert-OH is 1. The van der Waals surface area contributed by atoms with E-state index in [2.05, 4.69) is 17.1 Å². The zero-order chi connectivity index (χ0) is 10.9. The highest BCUT2D eigenvalue weighted by Crippen LogP contribution is 2.13. The Hall–Kier alpha value is -0.120. The van der Waals surface area contributed by atoms with Gasteiger partial charge in [-0.25, -0.2) is 0 Å². The van der Waals surface area contributed by atoms with Crippen molar-refractivity contribution in [2.24, 2.45) is 5.92 Å². The van der Waals surface area contributed by atoms with E-state index in [0.717, 1.165) is 13.1 Å². The van der Waals surface area contributed by atoms with Gasteiger partial charge in [0, 0.05) is 32.8 Å². The lowest BCUT2D eigenvalue weighted by molar-refractivity contribution is 0.190. The maximum absolute atomic E-state index is 9.17. The molecule has 0 radical (unpaired) electrons. The van der Waals surface area contributed by atoms with E-state index in [-0.39, 0.29) is 0 Å². The lowest BCUT2D eigenvalue weighted by Gasteiger charge is -2.27. The van der Waals surface area contributed by atoms with Crippen molar-refractivity contribution in [1.82, 2.24) is 10.2 Å². The van der Waals surface area contributed by atoms with Gasteiger partial charge in [0.15, 0.2) is 0 Å². The molecule has 0 aromatic rings. The molecule has 15 heavy (non-hydrogen) atoms. The van der Waals surface area contributed by atoms with E-state index in [4.69, 9.17) is 0 Å². The largest absolute Gasteiger partial charge is 0.396 e. The van der Waals surface area contributed by atoms with Crippen LogP contribution in [0.15, 0.2) is 0 Å². The Morgan fingerprint density at radius 3 is 2.60 bits per heavy atom. The molecule has 0 aliphatic carbocycles. The summed E-state index contributed by atoms with van der Waals surface area (Å²) in [7, 11) is 0. The molecule has 0 bridgehead atoms. The van der Waals surface area contributed by atoms with Crippen LogP contribution in [-0.2, 0) is 0 Å². The monoisotopic (exact) mass is 214 g/mol. The highest BCUT2D eigenvalue weighted by molar-refractivity contribution is 4.68. The molecule has 0 aromatic carbocycles. The first-order chi connectivity index (χ1) is 7.36. The maximum atomic E-state index is 9.17. The molecule has 2 N–H and O–H groups in total. The molecule has 0 aromatic heterocycles. The summed E-state index contributed by atoms with van der Waals surface area (Å²) < 4.78 is 0. The number of rotatable bonds is 7. The highest BCUT2D eigenvalue weighted by atomic mass is 16.3. The molecular formula is C12H26N2O. The molecule has 90 valence electrons. The summed E-state index contributed by atoms with van der Waals surface area (Å²) in [6, 6.07) is 0. The molecule has 1 aliphatic heterocycles. The summed E-state index contributed by atoms with van der Waals surface area (Å²) in [4.78, 5) is 2.52. The fourth-order valence-electron chi connectivity index (χ4n) is 2.27. The first-order valence-corrected chi connectivity index (χ1v) is 6.40. The van der Waals surface area contributed by atoms with Crippen LogP contribution in [0.1, 0.15) is 32.6 Å². The van der Waals surface area contributed by atoms with Gasteiger partial charge in [0.2, 0.25) is 0 Å². The lowest BCUT2D eigenvalue weighted by Crippen LogP contribution is -2.43. The van der Waals surface area contributed by atoms with E-state index < -0.39 is 0 Å². The smallest absolute Gasteiger partial charge is 0.0459 e. The molecule has 3 nitrogen and oxygen atoms in total. The van der Waals surface area contributed by atoms with E-state index in [9.17, 15) is 5.11 Å². The number of aliphatic hydroxyl groups is 1. The Labute approximate surface area is 93.9 Å². The molecule has 1 fully saturated rings. The second-order valence-electron chi connectivity index (χ2n) is 4.57. The Morgan fingerprint density at radius 2 is 2.00 bits per heavy atom. The number of nitrogens with zero attached hydrogens (tertiary/aromatic N) is 1. The van der Waals surface area contributed by atoms with E-state index in [1.807, 2.05) is 0 Å². The van der Waals surface area contributed by atoms with Crippen molar-refractivity contribution in [2.45, 2.75) is 32.6 Å². The van der Waals surface area contributed by atoms with Gasteiger partial charge in [-0.1, -0.05) is 13.3 Å². The molecule has 0 saturated carbocycles. The van der Waals surface area contributed by atoms with Gasteiger partial charge in [0.05, 0.1) is 0 Å². The van der Waals surface area contributed by atoms with Gasteiger partial charge in [0.25, 0.3) is 0 Å². The summed E-state index contributed by atoms with van der Waals surface area (Å²) >= 11 is 0. The Bertz CT molecular complexity index is 142. The van der Waals surface area contributed by atoms with Crippen LogP contribution in [0.4, 0.5) is 0 Å². The fraction of sp³-hybridized carbons (Fsp3) is 1.00. The zero-order valence-corrected chi connectivity index (χ0v) is 10.0. The van der Waals surface area contributed by atoms with Crippen molar-refractivity contribution < 1.29 is 5.11 Å². The topological polar surface area (TPSA) is 35.5 Å².